The summed E-state index contributed by atoms with van der Waals surface area (Å²) in [6, 6.07) is 0. The molecule has 0 amide bonds. The maximum atomic E-state index is 5.73. The Labute approximate surface area is 145 Å². The Balaban J connectivity index is 3.81. The lowest BCUT2D eigenvalue weighted by molar-refractivity contribution is -0.116. The van der Waals surface area contributed by atoms with Crippen molar-refractivity contribution in [3.63, 3.8) is 0 Å². The van der Waals surface area contributed by atoms with Gasteiger partial charge in [-0.05, 0) is 25.7 Å². The lowest BCUT2D eigenvalue weighted by Crippen LogP contribution is -2.31. The highest BCUT2D eigenvalue weighted by Gasteiger charge is 2.06. The highest BCUT2D eigenvalue weighted by molar-refractivity contribution is 4.54. The molecule has 0 aliphatic rings. The Kier molecular flexibility index (Phi) is 18.1. The first-order valence-electron chi connectivity index (χ1n) is 9.88. The Morgan fingerprint density at radius 1 is 0.522 bits per heavy atom. The van der Waals surface area contributed by atoms with Crippen LogP contribution in [0.25, 0.3) is 0 Å². The molecule has 0 aliphatic carbocycles. The molecule has 0 fully saturated rings. The molecule has 0 aromatic rings. The van der Waals surface area contributed by atoms with Crippen molar-refractivity contribution in [2.75, 3.05) is 46.4 Å². The summed E-state index contributed by atoms with van der Waals surface area (Å²) in [6.07, 6.45) is 9.94. The summed E-state index contributed by atoms with van der Waals surface area (Å²) >= 11 is 0. The fourth-order valence-electron chi connectivity index (χ4n) is 2.40. The Hall–Kier alpha value is -0.160. The molecule has 0 saturated carbocycles. The van der Waals surface area contributed by atoms with Gasteiger partial charge in [-0.2, -0.15) is 0 Å². The van der Waals surface area contributed by atoms with E-state index in [1.54, 1.807) is 0 Å². The third-order valence-corrected chi connectivity index (χ3v) is 4.03. The fourth-order valence-corrected chi connectivity index (χ4v) is 2.40. The van der Waals surface area contributed by atoms with Crippen molar-refractivity contribution in [2.24, 2.45) is 0 Å². The van der Waals surface area contributed by atoms with Crippen LogP contribution in [-0.4, -0.2) is 56.2 Å². The average molecular weight is 331 g/mol. The molecule has 0 saturated heterocycles. The zero-order valence-electron chi connectivity index (χ0n) is 16.3. The van der Waals surface area contributed by atoms with Gasteiger partial charge in [0.15, 0.2) is 0 Å². The monoisotopic (exact) mass is 330 g/mol. The molecule has 0 atom stereocenters. The number of nitrogens with zero attached hydrogens (tertiary/aromatic N) is 2. The van der Waals surface area contributed by atoms with Crippen LogP contribution in [0.2, 0.25) is 0 Å². The minimum Gasteiger partial charge on any atom is -0.340 e. The predicted octanol–water partition coefficient (Wildman–Crippen LogP) is 4.70. The largest absolute Gasteiger partial charge is 0.340 e. The standard InChI is InChI=1S/C19H42N2O2/c1-5-9-13-20(14-10-6-2)17-22-19-23-18-21(15-11-7-3)16-12-8-4/h5-19H2,1-4H3. The summed E-state index contributed by atoms with van der Waals surface area (Å²) in [7, 11) is 0. The Bertz CT molecular complexity index is 189. The molecule has 0 bridgehead atoms. The molecule has 0 N–H and O–H groups in total. The summed E-state index contributed by atoms with van der Waals surface area (Å²) in [6.45, 7) is 15.3. The van der Waals surface area contributed by atoms with Crippen molar-refractivity contribution >= 4 is 0 Å². The van der Waals surface area contributed by atoms with Gasteiger partial charge >= 0.3 is 0 Å². The molecule has 0 unspecified atom stereocenters. The van der Waals surface area contributed by atoms with Crippen LogP contribution in [0.3, 0.4) is 0 Å². The van der Waals surface area contributed by atoms with Crippen molar-refractivity contribution in [2.45, 2.75) is 79.1 Å². The molecule has 0 spiro atoms. The zero-order valence-corrected chi connectivity index (χ0v) is 16.3. The summed E-state index contributed by atoms with van der Waals surface area (Å²) in [5.74, 6) is 0. The molecular weight excluding hydrogens is 288 g/mol. The van der Waals surface area contributed by atoms with E-state index in [0.29, 0.717) is 20.3 Å². The van der Waals surface area contributed by atoms with Gasteiger partial charge < -0.3 is 9.47 Å². The molecule has 0 aromatic carbocycles. The summed E-state index contributed by atoms with van der Waals surface area (Å²) in [4.78, 5) is 4.81. The van der Waals surface area contributed by atoms with Gasteiger partial charge in [-0.15, -0.1) is 0 Å². The van der Waals surface area contributed by atoms with Crippen LogP contribution < -0.4 is 0 Å². The molecule has 140 valence electrons. The van der Waals surface area contributed by atoms with E-state index in [9.17, 15) is 0 Å². The van der Waals surface area contributed by atoms with Crippen molar-refractivity contribution in [3.05, 3.63) is 0 Å². The topological polar surface area (TPSA) is 24.9 Å². The van der Waals surface area contributed by atoms with Crippen LogP contribution in [0.15, 0.2) is 0 Å². The molecule has 0 rings (SSSR count). The van der Waals surface area contributed by atoms with E-state index < -0.39 is 0 Å². The number of ether oxygens (including phenoxy) is 2. The first-order chi connectivity index (χ1) is 11.3. The number of hydrogen-bond acceptors (Lipinski definition) is 4. The molecule has 0 heterocycles. The van der Waals surface area contributed by atoms with E-state index in [-0.39, 0.29) is 0 Å². The van der Waals surface area contributed by atoms with Gasteiger partial charge in [0, 0.05) is 26.2 Å². The van der Waals surface area contributed by atoms with Crippen molar-refractivity contribution in [3.8, 4) is 0 Å². The minimum absolute atomic E-state index is 0.406. The molecule has 0 aromatic heterocycles. The zero-order chi connectivity index (χ0) is 17.2. The molecule has 23 heavy (non-hydrogen) atoms. The normalized spacial score (nSPS) is 11.7. The summed E-state index contributed by atoms with van der Waals surface area (Å²) < 4.78 is 11.5. The van der Waals surface area contributed by atoms with Crippen LogP contribution in [-0.2, 0) is 9.47 Å². The third kappa shape index (κ3) is 15.1. The average Bonchev–Trinajstić information content (AvgIpc) is 2.57. The van der Waals surface area contributed by atoms with E-state index in [1.165, 1.54) is 51.4 Å². The van der Waals surface area contributed by atoms with Gasteiger partial charge in [0.1, 0.15) is 20.3 Å². The van der Waals surface area contributed by atoms with E-state index in [4.69, 9.17) is 9.47 Å². The van der Waals surface area contributed by atoms with E-state index in [1.807, 2.05) is 0 Å². The molecule has 4 nitrogen and oxygen atoms in total. The van der Waals surface area contributed by atoms with Crippen molar-refractivity contribution < 1.29 is 9.47 Å². The van der Waals surface area contributed by atoms with Gasteiger partial charge in [0.05, 0.1) is 0 Å². The quantitative estimate of drug-likeness (QED) is 0.269. The Morgan fingerprint density at radius 2 is 0.826 bits per heavy atom. The molecule has 4 heteroatoms. The van der Waals surface area contributed by atoms with Crippen LogP contribution >= 0.6 is 0 Å². The van der Waals surface area contributed by atoms with Crippen molar-refractivity contribution in [1.29, 1.82) is 0 Å². The smallest absolute Gasteiger partial charge is 0.150 e. The van der Waals surface area contributed by atoms with Gasteiger partial charge in [0.25, 0.3) is 0 Å². The van der Waals surface area contributed by atoms with Gasteiger partial charge in [-0.3, -0.25) is 9.80 Å². The highest BCUT2D eigenvalue weighted by Crippen LogP contribution is 2.01. The van der Waals surface area contributed by atoms with Crippen LogP contribution in [0.5, 0.6) is 0 Å². The lowest BCUT2D eigenvalue weighted by atomic mass is 10.3. The highest BCUT2D eigenvalue weighted by atomic mass is 16.7. The maximum absolute atomic E-state index is 5.73. The molecule has 0 aliphatic heterocycles. The first kappa shape index (κ1) is 22.8. The lowest BCUT2D eigenvalue weighted by Gasteiger charge is -2.23. The predicted molar refractivity (Wildman–Crippen MR) is 99.5 cm³/mol. The van der Waals surface area contributed by atoms with E-state index in [0.717, 1.165) is 26.2 Å². The molecular formula is C19H42N2O2. The fraction of sp³-hybridized carbons (Fsp3) is 1.00. The first-order valence-corrected chi connectivity index (χ1v) is 9.88. The summed E-state index contributed by atoms with van der Waals surface area (Å²) in [5.41, 5.74) is 0. The SMILES string of the molecule is CCCCN(CCCC)COCOCN(CCCC)CCCC. The van der Waals surface area contributed by atoms with Crippen LogP contribution in [0.1, 0.15) is 79.1 Å². The maximum Gasteiger partial charge on any atom is 0.150 e. The Morgan fingerprint density at radius 3 is 1.09 bits per heavy atom. The van der Waals surface area contributed by atoms with E-state index >= 15 is 0 Å². The number of unbranched alkanes of at least 4 members (excludes halogenated alkanes) is 4. The van der Waals surface area contributed by atoms with Gasteiger partial charge in [0.2, 0.25) is 0 Å². The second-order valence-corrected chi connectivity index (χ2v) is 6.43. The van der Waals surface area contributed by atoms with Crippen LogP contribution in [0.4, 0.5) is 0 Å². The second-order valence-electron chi connectivity index (χ2n) is 6.43. The number of hydrogen-bond donors (Lipinski definition) is 0. The van der Waals surface area contributed by atoms with E-state index in [2.05, 4.69) is 37.5 Å². The minimum atomic E-state index is 0.406. The third-order valence-electron chi connectivity index (χ3n) is 4.03. The number of rotatable bonds is 18. The van der Waals surface area contributed by atoms with Crippen LogP contribution in [0, 0.1) is 0 Å². The molecule has 0 radical (unpaired) electrons. The van der Waals surface area contributed by atoms with Gasteiger partial charge in [-0.25, -0.2) is 0 Å². The summed E-state index contributed by atoms with van der Waals surface area (Å²) in [5, 5.41) is 0. The van der Waals surface area contributed by atoms with Gasteiger partial charge in [-0.1, -0.05) is 53.4 Å². The van der Waals surface area contributed by atoms with Crippen molar-refractivity contribution in [1.82, 2.24) is 9.80 Å². The second kappa shape index (κ2) is 18.2.